The van der Waals surface area contributed by atoms with Crippen molar-refractivity contribution < 1.29 is 4.74 Å². The van der Waals surface area contributed by atoms with Gasteiger partial charge in [0.25, 0.3) is 5.56 Å². The lowest BCUT2D eigenvalue weighted by Crippen LogP contribution is -2.37. The first-order valence-corrected chi connectivity index (χ1v) is 11.9. The summed E-state index contributed by atoms with van der Waals surface area (Å²) < 4.78 is 10.5. The van der Waals surface area contributed by atoms with E-state index in [1.807, 2.05) is 43.3 Å². The second kappa shape index (κ2) is 8.97. The predicted octanol–water partition coefficient (Wildman–Crippen LogP) is 4.63. The number of imidazole rings is 1. The molecule has 0 saturated heterocycles. The minimum absolute atomic E-state index is 0.291. The summed E-state index contributed by atoms with van der Waals surface area (Å²) in [6, 6.07) is 16.6. The fraction of sp³-hybridized carbons (Fsp3) is 0.370. The molecule has 2 heterocycles. The van der Waals surface area contributed by atoms with Crippen LogP contribution in [-0.2, 0) is 20.6 Å². The molecule has 1 aliphatic rings. The van der Waals surface area contributed by atoms with Gasteiger partial charge in [-0.3, -0.25) is 18.5 Å². The smallest absolute Gasteiger partial charge is 0.332 e. The van der Waals surface area contributed by atoms with Crippen molar-refractivity contribution in [1.82, 2.24) is 18.7 Å². The average molecular weight is 459 g/mol. The molecule has 7 heteroatoms. The molecule has 4 aromatic rings. The van der Waals surface area contributed by atoms with Gasteiger partial charge in [-0.1, -0.05) is 61.2 Å². The molecule has 0 radical (unpaired) electrons. The Morgan fingerprint density at radius 3 is 2.26 bits per heavy atom. The van der Waals surface area contributed by atoms with Crippen LogP contribution in [-0.4, -0.2) is 18.7 Å². The third kappa shape index (κ3) is 4.06. The van der Waals surface area contributed by atoms with E-state index in [2.05, 4.69) is 17.1 Å². The van der Waals surface area contributed by atoms with Crippen molar-refractivity contribution in [3.05, 3.63) is 86.1 Å². The van der Waals surface area contributed by atoms with Gasteiger partial charge in [0.15, 0.2) is 11.2 Å². The molecule has 0 unspecified atom stereocenters. The maximum Gasteiger partial charge on any atom is 0.332 e. The predicted molar refractivity (Wildman–Crippen MR) is 133 cm³/mol. The Morgan fingerprint density at radius 1 is 0.912 bits per heavy atom. The molecule has 7 nitrogen and oxygen atoms in total. The molecule has 5 rings (SSSR count). The molecule has 2 aromatic heterocycles. The molecule has 0 N–H and O–H groups in total. The van der Waals surface area contributed by atoms with E-state index in [1.54, 1.807) is 11.6 Å². The molecule has 0 spiro atoms. The maximum atomic E-state index is 13.1. The van der Waals surface area contributed by atoms with Crippen LogP contribution in [0.2, 0.25) is 0 Å². The standard InChI is InChI=1S/C27H30N4O3/c1-18-9-11-19(12-10-18)17-31-23-24(29(2)27(33)30(3)25(23)32)28-26(31)34-22-15-13-21(14-16-22)20-7-5-4-6-8-20/h9-16,20H,4-8,17H2,1-3H3. The number of nitrogens with zero attached hydrogens (tertiary/aromatic N) is 4. The quantitative estimate of drug-likeness (QED) is 0.437. The van der Waals surface area contributed by atoms with Crippen LogP contribution < -0.4 is 16.0 Å². The molecular weight excluding hydrogens is 428 g/mol. The minimum Gasteiger partial charge on any atom is -0.425 e. The number of rotatable bonds is 5. The van der Waals surface area contributed by atoms with Crippen LogP contribution in [0.5, 0.6) is 11.8 Å². The van der Waals surface area contributed by atoms with Crippen molar-refractivity contribution in [2.24, 2.45) is 14.1 Å². The summed E-state index contributed by atoms with van der Waals surface area (Å²) in [5, 5.41) is 0. The van der Waals surface area contributed by atoms with Gasteiger partial charge in [-0.25, -0.2) is 4.79 Å². The lowest BCUT2D eigenvalue weighted by Gasteiger charge is -2.22. The number of ether oxygens (including phenoxy) is 1. The van der Waals surface area contributed by atoms with Gasteiger partial charge < -0.3 is 4.74 Å². The van der Waals surface area contributed by atoms with Gasteiger partial charge in [0, 0.05) is 14.1 Å². The SMILES string of the molecule is Cc1ccc(Cn2c(Oc3ccc(C4CCCCC4)cc3)nc3c2c(=O)n(C)c(=O)n3C)cc1. The number of aryl methyl sites for hydroxylation is 2. The molecule has 0 aliphatic heterocycles. The summed E-state index contributed by atoms with van der Waals surface area (Å²) in [7, 11) is 3.11. The van der Waals surface area contributed by atoms with Gasteiger partial charge in [-0.2, -0.15) is 4.98 Å². The molecule has 0 amide bonds. The van der Waals surface area contributed by atoms with Gasteiger partial charge in [0.1, 0.15) is 5.75 Å². The molecule has 0 atom stereocenters. The molecule has 1 fully saturated rings. The monoisotopic (exact) mass is 458 g/mol. The normalized spacial score (nSPS) is 14.6. The van der Waals surface area contributed by atoms with Crippen LogP contribution in [0.4, 0.5) is 0 Å². The highest BCUT2D eigenvalue weighted by molar-refractivity contribution is 5.72. The van der Waals surface area contributed by atoms with Crippen molar-refractivity contribution in [2.75, 3.05) is 0 Å². The summed E-state index contributed by atoms with van der Waals surface area (Å²) in [4.78, 5) is 30.2. The summed E-state index contributed by atoms with van der Waals surface area (Å²) in [6.45, 7) is 2.44. The second-order valence-corrected chi connectivity index (χ2v) is 9.35. The Morgan fingerprint density at radius 2 is 1.59 bits per heavy atom. The van der Waals surface area contributed by atoms with E-state index in [0.29, 0.717) is 35.4 Å². The van der Waals surface area contributed by atoms with Crippen molar-refractivity contribution in [1.29, 1.82) is 0 Å². The van der Waals surface area contributed by atoms with Gasteiger partial charge in [0.2, 0.25) is 0 Å². The Hall–Kier alpha value is -3.61. The number of aromatic nitrogens is 4. The van der Waals surface area contributed by atoms with Crippen LogP contribution in [0.3, 0.4) is 0 Å². The van der Waals surface area contributed by atoms with Crippen molar-refractivity contribution >= 4 is 11.2 Å². The zero-order chi connectivity index (χ0) is 23.8. The third-order valence-corrected chi connectivity index (χ3v) is 6.94. The molecule has 2 aromatic carbocycles. The average Bonchev–Trinajstić information content (AvgIpc) is 3.21. The van der Waals surface area contributed by atoms with E-state index in [9.17, 15) is 9.59 Å². The van der Waals surface area contributed by atoms with Gasteiger partial charge >= 0.3 is 11.7 Å². The number of hydrogen-bond donors (Lipinski definition) is 0. The summed E-state index contributed by atoms with van der Waals surface area (Å²) in [5.41, 5.74) is 3.37. The first-order valence-electron chi connectivity index (χ1n) is 11.9. The maximum absolute atomic E-state index is 13.1. The molecule has 1 aliphatic carbocycles. The summed E-state index contributed by atoms with van der Waals surface area (Å²) in [6.07, 6.45) is 6.39. The van der Waals surface area contributed by atoms with Crippen LogP contribution in [0, 0.1) is 6.92 Å². The largest absolute Gasteiger partial charge is 0.425 e. The number of hydrogen-bond acceptors (Lipinski definition) is 4. The Balaban J connectivity index is 1.56. The van der Waals surface area contributed by atoms with E-state index in [-0.39, 0.29) is 5.56 Å². The Labute approximate surface area is 198 Å². The lowest BCUT2D eigenvalue weighted by atomic mass is 9.84. The first kappa shape index (κ1) is 22.2. The Kier molecular flexibility index (Phi) is 5.86. The van der Waals surface area contributed by atoms with E-state index in [1.165, 1.54) is 49.3 Å². The topological polar surface area (TPSA) is 71.1 Å². The van der Waals surface area contributed by atoms with Crippen molar-refractivity contribution in [3.63, 3.8) is 0 Å². The highest BCUT2D eigenvalue weighted by atomic mass is 16.5. The highest BCUT2D eigenvalue weighted by Crippen LogP contribution is 2.34. The van der Waals surface area contributed by atoms with E-state index < -0.39 is 5.69 Å². The minimum atomic E-state index is -0.416. The number of benzene rings is 2. The van der Waals surface area contributed by atoms with Crippen LogP contribution in [0.1, 0.15) is 54.7 Å². The number of fused-ring (bicyclic) bond motifs is 1. The van der Waals surface area contributed by atoms with Gasteiger partial charge in [-0.05, 0) is 48.9 Å². The van der Waals surface area contributed by atoms with Crippen molar-refractivity contribution in [2.45, 2.75) is 51.5 Å². The lowest BCUT2D eigenvalue weighted by molar-refractivity contribution is 0.419. The molecule has 0 bridgehead atoms. The second-order valence-electron chi connectivity index (χ2n) is 9.35. The molecule has 176 valence electrons. The fourth-order valence-electron chi connectivity index (χ4n) is 4.88. The Bertz CT molecular complexity index is 1440. The fourth-order valence-corrected chi connectivity index (χ4v) is 4.88. The zero-order valence-electron chi connectivity index (χ0n) is 20.0. The van der Waals surface area contributed by atoms with E-state index >= 15 is 0 Å². The van der Waals surface area contributed by atoms with E-state index in [4.69, 9.17) is 4.74 Å². The van der Waals surface area contributed by atoms with Crippen LogP contribution >= 0.6 is 0 Å². The zero-order valence-corrected chi connectivity index (χ0v) is 20.0. The van der Waals surface area contributed by atoms with Crippen LogP contribution in [0.25, 0.3) is 11.2 Å². The third-order valence-electron chi connectivity index (χ3n) is 6.94. The van der Waals surface area contributed by atoms with Gasteiger partial charge in [0.05, 0.1) is 6.54 Å². The molecule has 1 saturated carbocycles. The molecule has 34 heavy (non-hydrogen) atoms. The van der Waals surface area contributed by atoms with Gasteiger partial charge in [-0.15, -0.1) is 0 Å². The van der Waals surface area contributed by atoms with Crippen molar-refractivity contribution in [3.8, 4) is 11.8 Å². The van der Waals surface area contributed by atoms with Crippen LogP contribution in [0.15, 0.2) is 58.1 Å². The highest BCUT2D eigenvalue weighted by Gasteiger charge is 2.21. The van der Waals surface area contributed by atoms with E-state index in [0.717, 1.165) is 15.7 Å². The summed E-state index contributed by atoms with van der Waals surface area (Å²) >= 11 is 0. The molecular formula is C27H30N4O3. The summed E-state index contributed by atoms with van der Waals surface area (Å²) in [5.74, 6) is 1.27. The first-order chi connectivity index (χ1) is 16.4.